The average molecular weight is 218 g/mol. The quantitative estimate of drug-likeness (QED) is 0.576. The topological polar surface area (TPSA) is 43.4 Å². The van der Waals surface area contributed by atoms with Gasteiger partial charge in [-0.15, -0.1) is 0 Å². The van der Waals surface area contributed by atoms with Crippen molar-refractivity contribution in [2.24, 2.45) is 0 Å². The fourth-order valence-electron chi connectivity index (χ4n) is 1.16. The van der Waals surface area contributed by atoms with Crippen LogP contribution < -0.4 is 0 Å². The van der Waals surface area contributed by atoms with Crippen LogP contribution in [0.5, 0.6) is 0 Å². The van der Waals surface area contributed by atoms with Gasteiger partial charge in [0.05, 0.1) is 12.7 Å². The summed E-state index contributed by atoms with van der Waals surface area (Å²) in [6.45, 7) is 1.81. The molecule has 3 nitrogen and oxygen atoms in total. The van der Waals surface area contributed by atoms with Crippen molar-refractivity contribution in [3.63, 3.8) is 0 Å². The summed E-state index contributed by atoms with van der Waals surface area (Å²) >= 11 is 0. The molecule has 0 saturated carbocycles. The summed E-state index contributed by atoms with van der Waals surface area (Å²) in [6.07, 6.45) is 3.76. The summed E-state index contributed by atoms with van der Waals surface area (Å²) in [6, 6.07) is 6.88. The Bertz CT molecular complexity index is 402. The molecule has 0 saturated heterocycles. The molecule has 1 aromatic carbocycles. The molecule has 0 aliphatic rings. The molecular formula is C13H14O3. The summed E-state index contributed by atoms with van der Waals surface area (Å²) < 4.78 is 4.58. The van der Waals surface area contributed by atoms with E-state index in [2.05, 4.69) is 4.74 Å². The highest BCUT2D eigenvalue weighted by molar-refractivity contribution is 5.93. The molecule has 0 radical (unpaired) electrons. The Labute approximate surface area is 94.7 Å². The molecular weight excluding hydrogens is 204 g/mol. The first-order valence-corrected chi connectivity index (χ1v) is 5.06. The predicted molar refractivity (Wildman–Crippen MR) is 62.1 cm³/mol. The molecule has 0 atom stereocenters. The first-order valence-electron chi connectivity index (χ1n) is 5.06. The Hall–Kier alpha value is -1.90. The molecule has 84 valence electrons. The molecule has 0 spiro atoms. The van der Waals surface area contributed by atoms with Crippen LogP contribution in [-0.2, 0) is 9.53 Å². The monoisotopic (exact) mass is 218 g/mol. The summed E-state index contributed by atoms with van der Waals surface area (Å²) in [5, 5.41) is 0. The van der Waals surface area contributed by atoms with E-state index >= 15 is 0 Å². The standard InChI is InChI=1S/C13H14O3/c1-3-12(14)9-6-10-4-7-11(8-5-10)13(15)16-2/h4-9H,3H2,1-2H3/b9-6+. The lowest BCUT2D eigenvalue weighted by molar-refractivity contribution is -0.114. The maximum atomic E-state index is 11.1. The highest BCUT2D eigenvalue weighted by Crippen LogP contribution is 2.07. The fourth-order valence-corrected chi connectivity index (χ4v) is 1.16. The third-order valence-electron chi connectivity index (χ3n) is 2.14. The Morgan fingerprint density at radius 2 is 1.88 bits per heavy atom. The molecule has 0 aromatic heterocycles. The Balaban J connectivity index is 2.75. The van der Waals surface area contributed by atoms with Crippen LogP contribution in [0, 0.1) is 0 Å². The summed E-state index contributed by atoms with van der Waals surface area (Å²) in [4.78, 5) is 22.2. The molecule has 0 bridgehead atoms. The largest absolute Gasteiger partial charge is 0.465 e. The molecule has 1 rings (SSSR count). The molecule has 0 heterocycles. The van der Waals surface area contributed by atoms with E-state index in [0.29, 0.717) is 12.0 Å². The fraction of sp³-hybridized carbons (Fsp3) is 0.231. The third-order valence-corrected chi connectivity index (χ3v) is 2.14. The van der Waals surface area contributed by atoms with Crippen molar-refractivity contribution >= 4 is 17.8 Å². The molecule has 1 aromatic rings. The van der Waals surface area contributed by atoms with Gasteiger partial charge in [-0.05, 0) is 23.8 Å². The number of allylic oxidation sites excluding steroid dienone is 1. The van der Waals surface area contributed by atoms with Crippen LogP contribution in [-0.4, -0.2) is 18.9 Å². The SMILES string of the molecule is CCC(=O)/C=C/c1ccc(C(=O)OC)cc1. The van der Waals surface area contributed by atoms with Crippen molar-refractivity contribution in [2.75, 3.05) is 7.11 Å². The van der Waals surface area contributed by atoms with Crippen molar-refractivity contribution in [2.45, 2.75) is 13.3 Å². The molecule has 0 unspecified atom stereocenters. The highest BCUT2D eigenvalue weighted by Gasteiger charge is 2.03. The lowest BCUT2D eigenvalue weighted by atomic mass is 10.1. The molecule has 3 heteroatoms. The van der Waals surface area contributed by atoms with E-state index in [1.54, 1.807) is 30.3 Å². The zero-order valence-electron chi connectivity index (χ0n) is 9.40. The van der Waals surface area contributed by atoms with Crippen molar-refractivity contribution in [3.8, 4) is 0 Å². The van der Waals surface area contributed by atoms with Gasteiger partial charge in [-0.3, -0.25) is 4.79 Å². The predicted octanol–water partition coefficient (Wildman–Crippen LogP) is 2.47. The van der Waals surface area contributed by atoms with Gasteiger partial charge in [-0.1, -0.05) is 25.1 Å². The molecule has 0 aliphatic carbocycles. The van der Waals surface area contributed by atoms with E-state index in [-0.39, 0.29) is 11.8 Å². The Morgan fingerprint density at radius 1 is 1.25 bits per heavy atom. The van der Waals surface area contributed by atoms with E-state index in [0.717, 1.165) is 5.56 Å². The van der Waals surface area contributed by atoms with E-state index < -0.39 is 0 Å². The highest BCUT2D eigenvalue weighted by atomic mass is 16.5. The summed E-state index contributed by atoms with van der Waals surface area (Å²) in [5.41, 5.74) is 1.39. The van der Waals surface area contributed by atoms with Gasteiger partial charge >= 0.3 is 5.97 Å². The number of hydrogen-bond acceptors (Lipinski definition) is 3. The van der Waals surface area contributed by atoms with Gasteiger partial charge in [0, 0.05) is 6.42 Å². The van der Waals surface area contributed by atoms with Crippen molar-refractivity contribution in [1.82, 2.24) is 0 Å². The maximum absolute atomic E-state index is 11.1. The Morgan fingerprint density at radius 3 is 2.38 bits per heavy atom. The van der Waals surface area contributed by atoms with Gasteiger partial charge < -0.3 is 4.74 Å². The molecule has 0 fully saturated rings. The number of ketones is 1. The Kier molecular flexibility index (Phi) is 4.45. The second kappa shape index (κ2) is 5.85. The molecule has 0 amide bonds. The normalized spacial score (nSPS) is 10.4. The van der Waals surface area contributed by atoms with Crippen LogP contribution in [0.25, 0.3) is 6.08 Å². The van der Waals surface area contributed by atoms with Crippen LogP contribution in [0.4, 0.5) is 0 Å². The number of carbonyl (C=O) groups is 2. The number of ether oxygens (including phenoxy) is 1. The van der Waals surface area contributed by atoms with E-state index in [9.17, 15) is 9.59 Å². The van der Waals surface area contributed by atoms with Crippen LogP contribution in [0.15, 0.2) is 30.3 Å². The van der Waals surface area contributed by atoms with Crippen LogP contribution in [0.3, 0.4) is 0 Å². The van der Waals surface area contributed by atoms with Crippen molar-refractivity contribution < 1.29 is 14.3 Å². The van der Waals surface area contributed by atoms with Crippen molar-refractivity contribution in [3.05, 3.63) is 41.5 Å². The van der Waals surface area contributed by atoms with Gasteiger partial charge in [-0.25, -0.2) is 4.79 Å². The number of benzene rings is 1. The van der Waals surface area contributed by atoms with Crippen LogP contribution in [0.2, 0.25) is 0 Å². The average Bonchev–Trinajstić information content (AvgIpc) is 2.35. The second-order valence-corrected chi connectivity index (χ2v) is 3.27. The van der Waals surface area contributed by atoms with Crippen LogP contribution in [0.1, 0.15) is 29.3 Å². The number of rotatable bonds is 4. The van der Waals surface area contributed by atoms with Crippen molar-refractivity contribution in [1.29, 1.82) is 0 Å². The molecule has 16 heavy (non-hydrogen) atoms. The first-order chi connectivity index (χ1) is 7.67. The van der Waals surface area contributed by atoms with E-state index in [1.165, 1.54) is 13.2 Å². The zero-order valence-corrected chi connectivity index (χ0v) is 9.40. The minimum Gasteiger partial charge on any atom is -0.465 e. The van der Waals surface area contributed by atoms with Gasteiger partial charge in [-0.2, -0.15) is 0 Å². The third kappa shape index (κ3) is 3.35. The van der Waals surface area contributed by atoms with Crippen LogP contribution >= 0.6 is 0 Å². The van der Waals surface area contributed by atoms with E-state index in [4.69, 9.17) is 0 Å². The number of methoxy groups -OCH3 is 1. The number of carbonyl (C=O) groups excluding carboxylic acids is 2. The van der Waals surface area contributed by atoms with Gasteiger partial charge in [0.1, 0.15) is 0 Å². The lowest BCUT2D eigenvalue weighted by Crippen LogP contribution is -2.00. The van der Waals surface area contributed by atoms with Gasteiger partial charge in [0.15, 0.2) is 5.78 Å². The van der Waals surface area contributed by atoms with E-state index in [1.807, 2.05) is 6.92 Å². The molecule has 0 N–H and O–H groups in total. The van der Waals surface area contributed by atoms with Gasteiger partial charge in [0.25, 0.3) is 0 Å². The second-order valence-electron chi connectivity index (χ2n) is 3.27. The zero-order chi connectivity index (χ0) is 12.0. The minimum absolute atomic E-state index is 0.0806. The minimum atomic E-state index is -0.361. The maximum Gasteiger partial charge on any atom is 0.337 e. The smallest absolute Gasteiger partial charge is 0.337 e. The summed E-state index contributed by atoms with van der Waals surface area (Å²) in [7, 11) is 1.34. The van der Waals surface area contributed by atoms with Gasteiger partial charge in [0.2, 0.25) is 0 Å². The lowest BCUT2D eigenvalue weighted by Gasteiger charge is -1.99. The number of esters is 1. The molecule has 0 aliphatic heterocycles. The number of hydrogen-bond donors (Lipinski definition) is 0. The summed E-state index contributed by atoms with van der Waals surface area (Å²) in [5.74, 6) is -0.280. The first kappa shape index (κ1) is 12.2.